The lowest BCUT2D eigenvalue weighted by atomic mass is 9.94. The molecule has 0 saturated heterocycles. The standard InChI is InChI=1S/C14H21N3/c1-17-7-5-14(16-17)4-6-15-10-13-9-11-2-3-12(13)8-11/h2-3,5,7,11-13,15H,4,6,8-10H2,1H3. The first-order valence-electron chi connectivity index (χ1n) is 6.69. The van der Waals surface area contributed by atoms with Gasteiger partial charge in [0.25, 0.3) is 0 Å². The largest absolute Gasteiger partial charge is 0.316 e. The molecule has 2 aliphatic carbocycles. The molecule has 1 N–H and O–H groups in total. The van der Waals surface area contributed by atoms with Crippen molar-refractivity contribution in [3.8, 4) is 0 Å². The summed E-state index contributed by atoms with van der Waals surface area (Å²) >= 11 is 0. The topological polar surface area (TPSA) is 29.9 Å². The molecule has 3 rings (SSSR count). The summed E-state index contributed by atoms with van der Waals surface area (Å²) in [6.45, 7) is 2.23. The Morgan fingerprint density at radius 3 is 3.00 bits per heavy atom. The fourth-order valence-corrected chi connectivity index (χ4v) is 3.23. The first-order valence-corrected chi connectivity index (χ1v) is 6.69. The van der Waals surface area contributed by atoms with Crippen LogP contribution in [0.3, 0.4) is 0 Å². The summed E-state index contributed by atoms with van der Waals surface area (Å²) in [5.41, 5.74) is 1.19. The average molecular weight is 231 g/mol. The van der Waals surface area contributed by atoms with Gasteiger partial charge in [-0.1, -0.05) is 12.2 Å². The molecule has 1 saturated carbocycles. The molecule has 0 aliphatic heterocycles. The zero-order valence-corrected chi connectivity index (χ0v) is 10.5. The molecule has 1 aromatic heterocycles. The van der Waals surface area contributed by atoms with Gasteiger partial charge in [0, 0.05) is 26.2 Å². The molecule has 3 atom stereocenters. The van der Waals surface area contributed by atoms with Gasteiger partial charge in [-0.25, -0.2) is 0 Å². The summed E-state index contributed by atoms with van der Waals surface area (Å²) in [6, 6.07) is 2.10. The SMILES string of the molecule is Cn1ccc(CCNCC2CC3C=CC2C3)n1. The van der Waals surface area contributed by atoms with Gasteiger partial charge in [0.1, 0.15) is 0 Å². The highest BCUT2D eigenvalue weighted by Crippen LogP contribution is 2.42. The van der Waals surface area contributed by atoms with Gasteiger partial charge in [0.05, 0.1) is 5.69 Å². The fourth-order valence-electron chi connectivity index (χ4n) is 3.23. The molecule has 2 bridgehead atoms. The van der Waals surface area contributed by atoms with E-state index in [4.69, 9.17) is 0 Å². The Morgan fingerprint density at radius 2 is 2.35 bits per heavy atom. The minimum absolute atomic E-state index is 0.863. The molecule has 0 aromatic carbocycles. The molecule has 92 valence electrons. The predicted octanol–water partition coefficient (Wildman–Crippen LogP) is 1.76. The van der Waals surface area contributed by atoms with E-state index >= 15 is 0 Å². The van der Waals surface area contributed by atoms with Crippen molar-refractivity contribution in [2.75, 3.05) is 13.1 Å². The van der Waals surface area contributed by atoms with Gasteiger partial charge in [-0.3, -0.25) is 4.68 Å². The third kappa shape index (κ3) is 2.44. The maximum absolute atomic E-state index is 4.38. The summed E-state index contributed by atoms with van der Waals surface area (Å²) in [5, 5.41) is 7.97. The van der Waals surface area contributed by atoms with E-state index in [0.29, 0.717) is 0 Å². The maximum atomic E-state index is 4.38. The molecule has 1 aromatic rings. The van der Waals surface area contributed by atoms with Gasteiger partial charge in [-0.2, -0.15) is 5.10 Å². The van der Waals surface area contributed by atoms with Crippen molar-refractivity contribution in [1.82, 2.24) is 15.1 Å². The third-order valence-corrected chi connectivity index (χ3v) is 4.15. The van der Waals surface area contributed by atoms with Crippen molar-refractivity contribution in [2.24, 2.45) is 24.8 Å². The normalized spacial score (nSPS) is 30.3. The zero-order chi connectivity index (χ0) is 11.7. The minimum atomic E-state index is 0.863. The Kier molecular flexibility index (Phi) is 3.02. The molecule has 0 amide bonds. The van der Waals surface area contributed by atoms with E-state index in [9.17, 15) is 0 Å². The number of allylic oxidation sites excluding steroid dienone is 2. The number of fused-ring (bicyclic) bond motifs is 2. The molecular formula is C14H21N3. The highest BCUT2D eigenvalue weighted by atomic mass is 15.2. The van der Waals surface area contributed by atoms with Crippen LogP contribution in [0.4, 0.5) is 0 Å². The van der Waals surface area contributed by atoms with Gasteiger partial charge in [0.2, 0.25) is 0 Å². The zero-order valence-electron chi connectivity index (χ0n) is 10.5. The quantitative estimate of drug-likeness (QED) is 0.618. The summed E-state index contributed by atoms with van der Waals surface area (Å²) in [4.78, 5) is 0. The maximum Gasteiger partial charge on any atom is 0.0637 e. The summed E-state index contributed by atoms with van der Waals surface area (Å²) in [5.74, 6) is 2.64. The second-order valence-corrected chi connectivity index (χ2v) is 5.48. The van der Waals surface area contributed by atoms with Crippen molar-refractivity contribution in [3.63, 3.8) is 0 Å². The van der Waals surface area contributed by atoms with Crippen LogP contribution in [0.2, 0.25) is 0 Å². The molecule has 3 heteroatoms. The smallest absolute Gasteiger partial charge is 0.0637 e. The van der Waals surface area contributed by atoms with Gasteiger partial charge < -0.3 is 5.32 Å². The van der Waals surface area contributed by atoms with Gasteiger partial charge in [-0.05, 0) is 43.2 Å². The molecule has 1 fully saturated rings. The van der Waals surface area contributed by atoms with E-state index in [2.05, 4.69) is 28.6 Å². The molecule has 0 spiro atoms. The average Bonchev–Trinajstić information content (AvgIpc) is 3.00. The van der Waals surface area contributed by atoms with Crippen molar-refractivity contribution in [1.29, 1.82) is 0 Å². The molecular weight excluding hydrogens is 210 g/mol. The Labute approximate surface area is 103 Å². The number of hydrogen-bond donors (Lipinski definition) is 1. The second kappa shape index (κ2) is 4.65. The predicted molar refractivity (Wildman–Crippen MR) is 68.6 cm³/mol. The first-order chi connectivity index (χ1) is 8.31. The lowest BCUT2D eigenvalue weighted by molar-refractivity contribution is 0.416. The summed E-state index contributed by atoms with van der Waals surface area (Å²) < 4.78 is 1.87. The fraction of sp³-hybridized carbons (Fsp3) is 0.643. The summed E-state index contributed by atoms with van der Waals surface area (Å²) in [6.07, 6.45) is 10.7. The van der Waals surface area contributed by atoms with Crippen LogP contribution in [-0.2, 0) is 13.5 Å². The second-order valence-electron chi connectivity index (χ2n) is 5.48. The molecule has 17 heavy (non-hydrogen) atoms. The van der Waals surface area contributed by atoms with E-state index in [0.717, 1.165) is 30.7 Å². The molecule has 0 radical (unpaired) electrons. The Hall–Kier alpha value is -1.09. The Balaban J connectivity index is 1.37. The molecule has 2 aliphatic rings. The van der Waals surface area contributed by atoms with E-state index in [1.165, 1.54) is 25.1 Å². The number of nitrogens with zero attached hydrogens (tertiary/aromatic N) is 2. The number of hydrogen-bond acceptors (Lipinski definition) is 2. The van der Waals surface area contributed by atoms with Crippen LogP contribution in [0.5, 0.6) is 0 Å². The van der Waals surface area contributed by atoms with Gasteiger partial charge >= 0.3 is 0 Å². The number of nitrogens with one attached hydrogen (secondary N) is 1. The summed E-state index contributed by atoms with van der Waals surface area (Å²) in [7, 11) is 1.97. The highest BCUT2D eigenvalue weighted by molar-refractivity contribution is 5.10. The Bertz CT molecular complexity index is 407. The van der Waals surface area contributed by atoms with E-state index < -0.39 is 0 Å². The van der Waals surface area contributed by atoms with E-state index in [1.807, 2.05) is 17.9 Å². The van der Waals surface area contributed by atoms with Crippen LogP contribution >= 0.6 is 0 Å². The highest BCUT2D eigenvalue weighted by Gasteiger charge is 2.34. The molecule has 3 unspecified atom stereocenters. The van der Waals surface area contributed by atoms with Gasteiger partial charge in [0.15, 0.2) is 0 Å². The van der Waals surface area contributed by atoms with Crippen LogP contribution in [-0.4, -0.2) is 22.9 Å². The van der Waals surface area contributed by atoms with Crippen LogP contribution in [0.25, 0.3) is 0 Å². The third-order valence-electron chi connectivity index (χ3n) is 4.15. The lowest BCUT2D eigenvalue weighted by Crippen LogP contribution is -2.27. The van der Waals surface area contributed by atoms with E-state index in [-0.39, 0.29) is 0 Å². The number of aromatic nitrogens is 2. The number of aryl methyl sites for hydroxylation is 1. The van der Waals surface area contributed by atoms with Crippen LogP contribution < -0.4 is 5.32 Å². The van der Waals surface area contributed by atoms with Crippen LogP contribution in [0.15, 0.2) is 24.4 Å². The van der Waals surface area contributed by atoms with Gasteiger partial charge in [-0.15, -0.1) is 0 Å². The lowest BCUT2D eigenvalue weighted by Gasteiger charge is -2.18. The van der Waals surface area contributed by atoms with Crippen LogP contribution in [0, 0.1) is 17.8 Å². The van der Waals surface area contributed by atoms with Crippen LogP contribution in [0.1, 0.15) is 18.5 Å². The van der Waals surface area contributed by atoms with Crippen molar-refractivity contribution < 1.29 is 0 Å². The van der Waals surface area contributed by atoms with Crippen molar-refractivity contribution in [2.45, 2.75) is 19.3 Å². The first kappa shape index (κ1) is 11.0. The van der Waals surface area contributed by atoms with E-state index in [1.54, 1.807) is 0 Å². The molecule has 1 heterocycles. The Morgan fingerprint density at radius 1 is 1.41 bits per heavy atom. The van der Waals surface area contributed by atoms with Crippen molar-refractivity contribution >= 4 is 0 Å². The molecule has 3 nitrogen and oxygen atoms in total. The number of rotatable bonds is 5. The van der Waals surface area contributed by atoms with Crippen molar-refractivity contribution in [3.05, 3.63) is 30.1 Å². The monoisotopic (exact) mass is 231 g/mol. The minimum Gasteiger partial charge on any atom is -0.316 e.